The monoisotopic (exact) mass is 250 g/mol. The molecule has 1 rings (SSSR count). The summed E-state index contributed by atoms with van der Waals surface area (Å²) in [6.07, 6.45) is 2.19. The Labute approximate surface area is 111 Å². The normalized spacial score (nSPS) is 14.7. The van der Waals surface area contributed by atoms with Gasteiger partial charge in [-0.1, -0.05) is 19.1 Å². The number of phenols is 1. The number of aromatic hydroxyl groups is 1. The number of phenolic OH excluding ortho intramolecular Hbond substituents is 1. The van der Waals surface area contributed by atoms with Gasteiger partial charge in [-0.25, -0.2) is 0 Å². The molecule has 2 N–H and O–H groups in total. The zero-order valence-corrected chi connectivity index (χ0v) is 12.0. The molecule has 0 aliphatic rings. The molecular formula is C15H26N2O. The summed E-state index contributed by atoms with van der Waals surface area (Å²) in [6, 6.07) is 8.35. The van der Waals surface area contributed by atoms with Gasteiger partial charge in [0.2, 0.25) is 0 Å². The van der Waals surface area contributed by atoms with E-state index in [-0.39, 0.29) is 0 Å². The quantitative estimate of drug-likeness (QED) is 0.781. The summed E-state index contributed by atoms with van der Waals surface area (Å²) in [5.41, 5.74) is 1.24. The van der Waals surface area contributed by atoms with Gasteiger partial charge in [0.25, 0.3) is 0 Å². The molecule has 0 saturated carbocycles. The highest BCUT2D eigenvalue weighted by molar-refractivity contribution is 5.28. The van der Waals surface area contributed by atoms with Crippen molar-refractivity contribution in [3.05, 3.63) is 29.8 Å². The second-order valence-electron chi connectivity index (χ2n) is 5.21. The van der Waals surface area contributed by atoms with Gasteiger partial charge in [-0.2, -0.15) is 0 Å². The number of benzene rings is 1. The molecule has 3 heteroatoms. The second-order valence-corrected chi connectivity index (χ2v) is 5.21. The summed E-state index contributed by atoms with van der Waals surface area (Å²) in [5, 5.41) is 13.0. The Bertz CT molecular complexity index is 335. The van der Waals surface area contributed by atoms with Crippen molar-refractivity contribution in [1.82, 2.24) is 10.2 Å². The average molecular weight is 250 g/mol. The van der Waals surface area contributed by atoms with Crippen molar-refractivity contribution in [2.24, 2.45) is 0 Å². The fourth-order valence-corrected chi connectivity index (χ4v) is 2.04. The number of rotatable bonds is 7. The molecule has 0 fully saturated rings. The number of nitrogens with zero attached hydrogens (tertiary/aromatic N) is 1. The molecule has 0 aliphatic carbocycles. The van der Waals surface area contributed by atoms with Crippen LogP contribution in [0.15, 0.2) is 24.3 Å². The van der Waals surface area contributed by atoms with Crippen molar-refractivity contribution in [1.29, 1.82) is 0 Å². The van der Waals surface area contributed by atoms with E-state index >= 15 is 0 Å². The van der Waals surface area contributed by atoms with Crippen molar-refractivity contribution in [2.45, 2.75) is 38.8 Å². The van der Waals surface area contributed by atoms with Crippen LogP contribution in [-0.2, 0) is 0 Å². The van der Waals surface area contributed by atoms with Crippen molar-refractivity contribution in [2.75, 3.05) is 20.6 Å². The lowest BCUT2D eigenvalue weighted by Gasteiger charge is -2.24. The van der Waals surface area contributed by atoms with Gasteiger partial charge < -0.3 is 15.3 Å². The molecular weight excluding hydrogens is 224 g/mol. The topological polar surface area (TPSA) is 35.5 Å². The van der Waals surface area contributed by atoms with E-state index in [1.165, 1.54) is 5.56 Å². The Balaban J connectivity index is 2.53. The smallest absolute Gasteiger partial charge is 0.115 e. The minimum absolute atomic E-state index is 0.328. The summed E-state index contributed by atoms with van der Waals surface area (Å²) < 4.78 is 0. The van der Waals surface area contributed by atoms with Crippen LogP contribution in [0.25, 0.3) is 0 Å². The van der Waals surface area contributed by atoms with Crippen molar-refractivity contribution in [3.63, 3.8) is 0 Å². The maximum Gasteiger partial charge on any atom is 0.115 e. The summed E-state index contributed by atoms with van der Waals surface area (Å²) in [4.78, 5) is 2.21. The van der Waals surface area contributed by atoms with Crippen LogP contribution >= 0.6 is 0 Å². The zero-order valence-electron chi connectivity index (χ0n) is 12.0. The molecule has 0 radical (unpaired) electrons. The first kappa shape index (κ1) is 15.0. The third-order valence-corrected chi connectivity index (χ3v) is 3.20. The van der Waals surface area contributed by atoms with Gasteiger partial charge in [-0.15, -0.1) is 0 Å². The molecule has 18 heavy (non-hydrogen) atoms. The lowest BCUT2D eigenvalue weighted by atomic mass is 10.0. The van der Waals surface area contributed by atoms with E-state index in [0.29, 0.717) is 17.8 Å². The van der Waals surface area contributed by atoms with Gasteiger partial charge in [0.05, 0.1) is 0 Å². The molecule has 0 saturated heterocycles. The highest BCUT2D eigenvalue weighted by Crippen LogP contribution is 2.20. The van der Waals surface area contributed by atoms with Crippen LogP contribution < -0.4 is 5.32 Å². The lowest BCUT2D eigenvalue weighted by Crippen LogP contribution is -2.32. The van der Waals surface area contributed by atoms with E-state index in [1.54, 1.807) is 12.1 Å². The Kier molecular flexibility index (Phi) is 6.16. The first-order valence-corrected chi connectivity index (χ1v) is 6.72. The maximum atomic E-state index is 9.31. The maximum absolute atomic E-state index is 9.31. The minimum Gasteiger partial charge on any atom is -0.508 e. The van der Waals surface area contributed by atoms with Crippen LogP contribution in [0.5, 0.6) is 5.75 Å². The molecule has 1 aromatic carbocycles. The van der Waals surface area contributed by atoms with Gasteiger partial charge in [-0.3, -0.25) is 0 Å². The Hall–Kier alpha value is -1.06. The van der Waals surface area contributed by atoms with E-state index < -0.39 is 0 Å². The fourth-order valence-electron chi connectivity index (χ4n) is 2.04. The molecule has 0 amide bonds. The van der Waals surface area contributed by atoms with Crippen LogP contribution in [0, 0.1) is 0 Å². The molecule has 0 spiro atoms. The third-order valence-electron chi connectivity index (χ3n) is 3.20. The van der Waals surface area contributed by atoms with E-state index in [0.717, 1.165) is 19.4 Å². The van der Waals surface area contributed by atoms with Crippen LogP contribution in [0.2, 0.25) is 0 Å². The number of hydrogen-bond donors (Lipinski definition) is 2. The van der Waals surface area contributed by atoms with Crippen LogP contribution in [0.1, 0.15) is 38.3 Å². The Morgan fingerprint density at radius 2 is 1.83 bits per heavy atom. The third kappa shape index (κ3) is 5.07. The summed E-state index contributed by atoms with van der Waals surface area (Å²) >= 11 is 0. The van der Waals surface area contributed by atoms with Gasteiger partial charge in [0.1, 0.15) is 5.75 Å². The molecule has 0 bridgehead atoms. The Morgan fingerprint density at radius 3 is 2.33 bits per heavy atom. The molecule has 0 aliphatic heterocycles. The number of nitrogens with one attached hydrogen (secondary N) is 1. The van der Waals surface area contributed by atoms with Crippen LogP contribution in [0.4, 0.5) is 0 Å². The van der Waals surface area contributed by atoms with E-state index in [1.807, 2.05) is 12.1 Å². The highest BCUT2D eigenvalue weighted by Gasteiger charge is 2.12. The molecule has 3 nitrogen and oxygen atoms in total. The molecule has 102 valence electrons. The van der Waals surface area contributed by atoms with Crippen molar-refractivity contribution < 1.29 is 5.11 Å². The fraction of sp³-hybridized carbons (Fsp3) is 0.600. The van der Waals surface area contributed by atoms with Crippen LogP contribution in [-0.4, -0.2) is 36.7 Å². The SMILES string of the molecule is CCC(NC(C)CCN(C)C)c1ccc(O)cc1. The second kappa shape index (κ2) is 7.39. The lowest BCUT2D eigenvalue weighted by molar-refractivity contribution is 0.347. The number of hydrogen-bond acceptors (Lipinski definition) is 3. The van der Waals surface area contributed by atoms with Gasteiger partial charge in [0.15, 0.2) is 0 Å². The largest absolute Gasteiger partial charge is 0.508 e. The summed E-state index contributed by atoms with van der Waals surface area (Å²) in [7, 11) is 4.20. The highest BCUT2D eigenvalue weighted by atomic mass is 16.3. The van der Waals surface area contributed by atoms with Gasteiger partial charge in [0, 0.05) is 12.1 Å². The van der Waals surface area contributed by atoms with E-state index in [9.17, 15) is 5.11 Å². The predicted molar refractivity (Wildman–Crippen MR) is 76.9 cm³/mol. The van der Waals surface area contributed by atoms with Gasteiger partial charge >= 0.3 is 0 Å². The van der Waals surface area contributed by atoms with Gasteiger partial charge in [-0.05, 0) is 58.1 Å². The molecule has 0 heterocycles. The van der Waals surface area contributed by atoms with E-state index in [2.05, 4.69) is 38.2 Å². The first-order valence-electron chi connectivity index (χ1n) is 6.72. The summed E-state index contributed by atoms with van der Waals surface area (Å²) in [5.74, 6) is 0.328. The average Bonchev–Trinajstić information content (AvgIpc) is 2.34. The Morgan fingerprint density at radius 1 is 1.22 bits per heavy atom. The molecule has 2 atom stereocenters. The summed E-state index contributed by atoms with van der Waals surface area (Å²) in [6.45, 7) is 5.51. The van der Waals surface area contributed by atoms with E-state index in [4.69, 9.17) is 0 Å². The molecule has 1 aromatic rings. The first-order chi connectivity index (χ1) is 8.52. The van der Waals surface area contributed by atoms with Crippen molar-refractivity contribution in [3.8, 4) is 5.75 Å². The minimum atomic E-state index is 0.328. The van der Waals surface area contributed by atoms with Crippen LogP contribution in [0.3, 0.4) is 0 Å². The predicted octanol–water partition coefficient (Wildman–Crippen LogP) is 2.77. The zero-order chi connectivity index (χ0) is 13.5. The molecule has 2 unspecified atom stereocenters. The standard InChI is InChI=1S/C15H26N2O/c1-5-15(13-6-8-14(18)9-7-13)16-12(2)10-11-17(3)4/h6-9,12,15-16,18H,5,10-11H2,1-4H3. The molecule has 0 aromatic heterocycles. The van der Waals surface area contributed by atoms with Crippen molar-refractivity contribution >= 4 is 0 Å².